The molecule has 332 valence electrons. The van der Waals surface area contributed by atoms with Gasteiger partial charge in [-0.05, 0) is 101 Å². The van der Waals surface area contributed by atoms with Crippen molar-refractivity contribution in [1.82, 2.24) is 0 Å². The molecule has 0 rings (SSSR count). The van der Waals surface area contributed by atoms with Gasteiger partial charge in [0.1, 0.15) is 45.2 Å². The van der Waals surface area contributed by atoms with Gasteiger partial charge in [-0.2, -0.15) is 0 Å². The van der Waals surface area contributed by atoms with Gasteiger partial charge in [0, 0.05) is 13.8 Å². The van der Waals surface area contributed by atoms with Crippen LogP contribution < -0.4 is 5.73 Å². The van der Waals surface area contributed by atoms with Crippen LogP contribution in [0.1, 0.15) is 149 Å². The minimum atomic E-state index is -1.44. The smallest absolute Gasteiger partial charge is 0.367 e. The van der Waals surface area contributed by atoms with Crippen molar-refractivity contribution in [1.29, 1.82) is 0 Å². The SMILES string of the molecule is CCCC(C)(CC(C)(CC(C)(CC)C(=O)OCCOC(=O)C(C)(C)[N+](CC)(CC)CC)C(=O)OCCOC(=O)C(C)(CC)CC)C(=O)OCCOC(=O)C(C)(C)N. The first-order valence-electron chi connectivity index (χ1n) is 20.9. The standard InChI is InChI=1S/C43H79N2O12/c1-16-23-42(14,36(50)56-26-24-52-32(46)38(8,9)44)31-43(15,37(51)57-29-28-54-34(48)40(12,17-2)18-3)30-41(13,19-4)35(49)55-27-25-53-33(47)39(10,11)45(20-5,21-6)22-7/h16-31,44H2,1-15H3/q+1. The summed E-state index contributed by atoms with van der Waals surface area (Å²) in [4.78, 5) is 79.8. The number of ether oxygens (including phenoxy) is 6. The summed E-state index contributed by atoms with van der Waals surface area (Å²) in [7, 11) is 0. The molecule has 0 saturated carbocycles. The fourth-order valence-corrected chi connectivity index (χ4v) is 7.54. The maximum atomic E-state index is 14.2. The average Bonchev–Trinajstić information content (AvgIpc) is 3.15. The van der Waals surface area contributed by atoms with E-state index in [4.69, 9.17) is 34.2 Å². The van der Waals surface area contributed by atoms with Crippen molar-refractivity contribution in [3.8, 4) is 0 Å². The molecule has 0 aromatic heterocycles. The molecule has 0 amide bonds. The minimum absolute atomic E-state index is 0.0630. The van der Waals surface area contributed by atoms with Gasteiger partial charge in [-0.1, -0.05) is 34.1 Å². The van der Waals surface area contributed by atoms with E-state index in [2.05, 4.69) is 0 Å². The van der Waals surface area contributed by atoms with Crippen LogP contribution >= 0.6 is 0 Å². The van der Waals surface area contributed by atoms with Crippen LogP contribution in [0.2, 0.25) is 0 Å². The van der Waals surface area contributed by atoms with Crippen molar-refractivity contribution >= 4 is 35.8 Å². The van der Waals surface area contributed by atoms with Crippen LogP contribution in [0.25, 0.3) is 0 Å². The molecule has 0 aromatic carbocycles. The lowest BCUT2D eigenvalue weighted by molar-refractivity contribution is -0.959. The third kappa shape index (κ3) is 14.5. The molecule has 0 radical (unpaired) electrons. The molecular weight excluding hydrogens is 736 g/mol. The maximum absolute atomic E-state index is 14.2. The summed E-state index contributed by atoms with van der Waals surface area (Å²) in [5, 5.41) is 0. The fraction of sp³-hybridized carbons (Fsp3) is 0.860. The average molecular weight is 816 g/mol. The van der Waals surface area contributed by atoms with Gasteiger partial charge in [0.05, 0.1) is 41.3 Å². The van der Waals surface area contributed by atoms with E-state index in [1.165, 1.54) is 13.8 Å². The summed E-state index contributed by atoms with van der Waals surface area (Å²) in [6.07, 6.45) is 2.21. The van der Waals surface area contributed by atoms with Crippen LogP contribution in [0.4, 0.5) is 0 Å². The highest BCUT2D eigenvalue weighted by Crippen LogP contribution is 2.47. The van der Waals surface area contributed by atoms with Crippen molar-refractivity contribution < 1.29 is 61.7 Å². The zero-order valence-corrected chi connectivity index (χ0v) is 38.2. The predicted molar refractivity (Wildman–Crippen MR) is 217 cm³/mol. The molecule has 14 heteroatoms. The molecule has 0 bridgehead atoms. The van der Waals surface area contributed by atoms with Gasteiger partial charge in [0.2, 0.25) is 0 Å². The molecule has 0 aliphatic rings. The number of nitrogens with zero attached hydrogens (tertiary/aromatic N) is 1. The minimum Gasteiger partial charge on any atom is -0.462 e. The Morgan fingerprint density at radius 2 is 0.719 bits per heavy atom. The van der Waals surface area contributed by atoms with E-state index in [0.29, 0.717) is 30.2 Å². The van der Waals surface area contributed by atoms with E-state index in [1.54, 1.807) is 27.7 Å². The van der Waals surface area contributed by atoms with E-state index in [-0.39, 0.29) is 70.8 Å². The molecule has 3 unspecified atom stereocenters. The number of carbonyl (C=O) groups excluding carboxylic acids is 6. The Bertz CT molecular complexity index is 1330. The highest BCUT2D eigenvalue weighted by Gasteiger charge is 2.51. The van der Waals surface area contributed by atoms with Crippen LogP contribution in [-0.4, -0.2) is 111 Å². The first-order chi connectivity index (χ1) is 26.2. The topological polar surface area (TPSA) is 184 Å². The Balaban J connectivity index is 6.30. The number of nitrogens with two attached hydrogens (primary N) is 1. The summed E-state index contributed by atoms with van der Waals surface area (Å²) < 4.78 is 33.8. The molecule has 0 aromatic rings. The van der Waals surface area contributed by atoms with Crippen LogP contribution in [0.3, 0.4) is 0 Å². The molecule has 0 aliphatic carbocycles. The number of rotatable bonds is 28. The van der Waals surface area contributed by atoms with E-state index < -0.39 is 56.6 Å². The highest BCUT2D eigenvalue weighted by atomic mass is 16.6. The molecule has 3 atom stereocenters. The second kappa shape index (κ2) is 22.8. The zero-order chi connectivity index (χ0) is 44.5. The lowest BCUT2D eigenvalue weighted by Gasteiger charge is -2.46. The largest absolute Gasteiger partial charge is 0.462 e. The summed E-state index contributed by atoms with van der Waals surface area (Å²) in [6, 6.07) is 0. The van der Waals surface area contributed by atoms with E-state index in [0.717, 1.165) is 19.6 Å². The Morgan fingerprint density at radius 3 is 1.05 bits per heavy atom. The molecular formula is C43H79N2O12+. The van der Waals surface area contributed by atoms with E-state index in [9.17, 15) is 28.8 Å². The predicted octanol–water partition coefficient (Wildman–Crippen LogP) is 6.47. The molecule has 0 heterocycles. The monoisotopic (exact) mass is 816 g/mol. The molecule has 57 heavy (non-hydrogen) atoms. The van der Waals surface area contributed by atoms with Gasteiger partial charge in [-0.3, -0.25) is 24.0 Å². The van der Waals surface area contributed by atoms with Gasteiger partial charge in [-0.15, -0.1) is 0 Å². The van der Waals surface area contributed by atoms with Gasteiger partial charge in [-0.25, -0.2) is 4.79 Å². The number of carbonyl (C=O) groups is 6. The number of quaternary nitrogens is 1. The van der Waals surface area contributed by atoms with Crippen molar-refractivity contribution in [2.45, 2.75) is 160 Å². The number of esters is 6. The Labute approximate surface area is 343 Å². The Morgan fingerprint density at radius 1 is 0.421 bits per heavy atom. The number of likely N-dealkylation sites (N-methyl/N-ethyl adjacent to an activating group) is 1. The van der Waals surface area contributed by atoms with Gasteiger partial charge in [0.25, 0.3) is 0 Å². The van der Waals surface area contributed by atoms with Crippen molar-refractivity contribution in [3.63, 3.8) is 0 Å². The van der Waals surface area contributed by atoms with Crippen LogP contribution in [0, 0.1) is 21.7 Å². The summed E-state index contributed by atoms with van der Waals surface area (Å²) >= 11 is 0. The molecule has 2 N–H and O–H groups in total. The van der Waals surface area contributed by atoms with E-state index >= 15 is 0 Å². The maximum Gasteiger partial charge on any atom is 0.367 e. The summed E-state index contributed by atoms with van der Waals surface area (Å²) in [5.74, 6) is -3.32. The third-order valence-corrected chi connectivity index (χ3v) is 12.4. The van der Waals surface area contributed by atoms with Gasteiger partial charge >= 0.3 is 35.8 Å². The Kier molecular flexibility index (Phi) is 21.5. The van der Waals surface area contributed by atoms with Crippen molar-refractivity contribution in [3.05, 3.63) is 0 Å². The number of hydrogen-bond acceptors (Lipinski definition) is 13. The van der Waals surface area contributed by atoms with E-state index in [1.807, 2.05) is 62.3 Å². The summed E-state index contributed by atoms with van der Waals surface area (Å²) in [6.45, 7) is 28.3. The molecule has 0 aliphatic heterocycles. The molecule has 0 fully saturated rings. The lowest BCUT2D eigenvalue weighted by Crippen LogP contribution is -2.65. The first kappa shape index (κ1) is 53.7. The van der Waals surface area contributed by atoms with Gasteiger partial charge in [0.15, 0.2) is 5.54 Å². The normalized spacial score (nSPS) is 15.6. The molecule has 0 spiro atoms. The second-order valence-electron chi connectivity index (χ2n) is 17.6. The van der Waals surface area contributed by atoms with Gasteiger partial charge < -0.3 is 38.6 Å². The van der Waals surface area contributed by atoms with Crippen LogP contribution in [-0.2, 0) is 57.2 Å². The molecule has 0 saturated heterocycles. The number of hydrogen-bond donors (Lipinski definition) is 1. The third-order valence-electron chi connectivity index (χ3n) is 12.4. The lowest BCUT2D eigenvalue weighted by atomic mass is 9.63. The Hall–Kier alpha value is -3.26. The molecule has 14 nitrogen and oxygen atoms in total. The summed E-state index contributed by atoms with van der Waals surface area (Å²) in [5.41, 5.74) is -0.801. The van der Waals surface area contributed by atoms with Crippen LogP contribution in [0.15, 0.2) is 0 Å². The van der Waals surface area contributed by atoms with Crippen molar-refractivity contribution in [2.24, 2.45) is 27.4 Å². The fourth-order valence-electron chi connectivity index (χ4n) is 7.54. The quantitative estimate of drug-likeness (QED) is 0.0393. The zero-order valence-electron chi connectivity index (χ0n) is 38.2. The van der Waals surface area contributed by atoms with Crippen LogP contribution in [0.5, 0.6) is 0 Å². The first-order valence-corrected chi connectivity index (χ1v) is 20.9. The second-order valence-corrected chi connectivity index (χ2v) is 17.6. The van der Waals surface area contributed by atoms with Crippen molar-refractivity contribution in [2.75, 3.05) is 59.3 Å². The highest BCUT2D eigenvalue weighted by molar-refractivity contribution is 5.83.